The van der Waals surface area contributed by atoms with Crippen LogP contribution < -0.4 is 5.32 Å². The summed E-state index contributed by atoms with van der Waals surface area (Å²) in [6.45, 7) is 10.8. The molecule has 0 rings (SSSR count). The van der Waals surface area contributed by atoms with Gasteiger partial charge in [-0.05, 0) is 47.1 Å². The minimum atomic E-state index is 0.596. The number of likely N-dealkylation sites (N-methyl/N-ethyl adjacent to an activating group) is 1. The Balaban J connectivity index is 3.67. The Morgan fingerprint density at radius 3 is 2.47 bits per heavy atom. The van der Waals surface area contributed by atoms with E-state index in [-0.39, 0.29) is 0 Å². The molecule has 1 atom stereocenters. The zero-order valence-electron chi connectivity index (χ0n) is 12.3. The second-order valence-corrected chi connectivity index (χ2v) is 4.83. The first-order chi connectivity index (χ1) is 8.11. The van der Waals surface area contributed by atoms with Crippen molar-refractivity contribution in [1.29, 1.82) is 0 Å². The topological polar surface area (TPSA) is 27.7 Å². The predicted octanol–water partition coefficient (Wildman–Crippen LogP) is 0.885. The summed E-state index contributed by atoms with van der Waals surface area (Å²) in [6.07, 6.45) is 1.24. The molecule has 17 heavy (non-hydrogen) atoms. The smallest absolute Gasteiger partial charge is 0.0587 e. The van der Waals surface area contributed by atoms with Gasteiger partial charge in [0.25, 0.3) is 0 Å². The number of nitrogens with one attached hydrogen (secondary N) is 1. The van der Waals surface area contributed by atoms with E-state index in [9.17, 15) is 0 Å². The molecule has 0 aliphatic heterocycles. The number of rotatable bonds is 11. The maximum Gasteiger partial charge on any atom is 0.0587 e. The molecule has 0 radical (unpaired) electrons. The van der Waals surface area contributed by atoms with Gasteiger partial charge in [0.2, 0.25) is 0 Å². The first-order valence-electron chi connectivity index (χ1n) is 6.70. The SMILES string of the molecule is CCN(CCCN(C)C)C(C)CNCCOC. The number of hydrogen-bond donors (Lipinski definition) is 1. The van der Waals surface area contributed by atoms with Gasteiger partial charge >= 0.3 is 0 Å². The highest BCUT2D eigenvalue weighted by atomic mass is 16.5. The van der Waals surface area contributed by atoms with Crippen LogP contribution in [0.15, 0.2) is 0 Å². The van der Waals surface area contributed by atoms with Crippen LogP contribution in [0, 0.1) is 0 Å². The van der Waals surface area contributed by atoms with Crippen LogP contribution in [-0.4, -0.2) is 76.4 Å². The molecule has 4 heteroatoms. The van der Waals surface area contributed by atoms with Crippen LogP contribution >= 0.6 is 0 Å². The molecule has 0 aromatic carbocycles. The minimum Gasteiger partial charge on any atom is -0.383 e. The van der Waals surface area contributed by atoms with Crippen LogP contribution in [0.4, 0.5) is 0 Å². The van der Waals surface area contributed by atoms with Crippen molar-refractivity contribution in [3.05, 3.63) is 0 Å². The molecule has 1 N–H and O–H groups in total. The van der Waals surface area contributed by atoms with Gasteiger partial charge in [-0.2, -0.15) is 0 Å². The average Bonchev–Trinajstić information content (AvgIpc) is 2.29. The van der Waals surface area contributed by atoms with Crippen LogP contribution in [-0.2, 0) is 4.74 Å². The standard InChI is InChI=1S/C13H31N3O/c1-6-16(10-7-9-15(3)4)13(2)12-14-8-11-17-5/h13-14H,6-12H2,1-5H3. The van der Waals surface area contributed by atoms with Gasteiger partial charge in [-0.15, -0.1) is 0 Å². The van der Waals surface area contributed by atoms with Crippen molar-refractivity contribution < 1.29 is 4.74 Å². The largest absolute Gasteiger partial charge is 0.383 e. The Morgan fingerprint density at radius 2 is 1.94 bits per heavy atom. The molecule has 0 spiro atoms. The molecule has 0 aliphatic carbocycles. The third-order valence-corrected chi connectivity index (χ3v) is 3.00. The quantitative estimate of drug-likeness (QED) is 0.547. The lowest BCUT2D eigenvalue weighted by Gasteiger charge is -2.28. The summed E-state index contributed by atoms with van der Waals surface area (Å²) < 4.78 is 5.02. The summed E-state index contributed by atoms with van der Waals surface area (Å²) in [5, 5.41) is 3.42. The molecule has 0 amide bonds. The maximum atomic E-state index is 5.02. The monoisotopic (exact) mass is 245 g/mol. The Hall–Kier alpha value is -0.160. The molecule has 0 aliphatic rings. The van der Waals surface area contributed by atoms with Gasteiger partial charge in [-0.25, -0.2) is 0 Å². The molecule has 0 fully saturated rings. The van der Waals surface area contributed by atoms with Gasteiger partial charge in [0.05, 0.1) is 6.61 Å². The Bertz CT molecular complexity index is 165. The van der Waals surface area contributed by atoms with Crippen LogP contribution in [0.2, 0.25) is 0 Å². The van der Waals surface area contributed by atoms with Crippen molar-refractivity contribution in [2.75, 3.05) is 60.5 Å². The van der Waals surface area contributed by atoms with E-state index in [0.29, 0.717) is 6.04 Å². The summed E-state index contributed by atoms with van der Waals surface area (Å²) in [6, 6.07) is 0.596. The lowest BCUT2D eigenvalue weighted by Crippen LogP contribution is -2.42. The summed E-state index contributed by atoms with van der Waals surface area (Å²) in [5.74, 6) is 0. The number of nitrogens with zero attached hydrogens (tertiary/aromatic N) is 2. The van der Waals surface area contributed by atoms with Gasteiger partial charge in [-0.1, -0.05) is 6.92 Å². The van der Waals surface area contributed by atoms with Gasteiger partial charge in [0.15, 0.2) is 0 Å². The zero-order chi connectivity index (χ0) is 13.1. The van der Waals surface area contributed by atoms with E-state index in [2.05, 4.69) is 43.1 Å². The second kappa shape index (κ2) is 11.0. The van der Waals surface area contributed by atoms with Crippen molar-refractivity contribution in [1.82, 2.24) is 15.1 Å². The Labute approximate surface area is 107 Å². The summed E-state index contributed by atoms with van der Waals surface area (Å²) >= 11 is 0. The number of hydrogen-bond acceptors (Lipinski definition) is 4. The molecule has 0 saturated heterocycles. The molecule has 0 bridgehead atoms. The van der Waals surface area contributed by atoms with Crippen LogP contribution in [0.1, 0.15) is 20.3 Å². The van der Waals surface area contributed by atoms with E-state index < -0.39 is 0 Å². The Morgan fingerprint density at radius 1 is 1.24 bits per heavy atom. The fourth-order valence-electron chi connectivity index (χ4n) is 1.89. The average molecular weight is 245 g/mol. The van der Waals surface area contributed by atoms with Crippen LogP contribution in [0.3, 0.4) is 0 Å². The van der Waals surface area contributed by atoms with Crippen LogP contribution in [0.5, 0.6) is 0 Å². The number of methoxy groups -OCH3 is 1. The van der Waals surface area contributed by atoms with Crippen LogP contribution in [0.25, 0.3) is 0 Å². The minimum absolute atomic E-state index is 0.596. The van der Waals surface area contributed by atoms with E-state index in [4.69, 9.17) is 4.74 Å². The highest BCUT2D eigenvalue weighted by molar-refractivity contribution is 4.69. The lowest BCUT2D eigenvalue weighted by molar-refractivity contribution is 0.182. The molecular formula is C13H31N3O. The third-order valence-electron chi connectivity index (χ3n) is 3.00. The summed E-state index contributed by atoms with van der Waals surface area (Å²) in [7, 11) is 6.00. The van der Waals surface area contributed by atoms with E-state index in [1.54, 1.807) is 7.11 Å². The molecule has 0 aromatic rings. The lowest BCUT2D eigenvalue weighted by atomic mass is 10.2. The normalized spacial score (nSPS) is 13.6. The molecule has 0 saturated carbocycles. The van der Waals surface area contributed by atoms with Gasteiger partial charge in [0.1, 0.15) is 0 Å². The molecular weight excluding hydrogens is 214 g/mol. The summed E-state index contributed by atoms with van der Waals surface area (Å²) in [4.78, 5) is 4.78. The third kappa shape index (κ3) is 9.53. The summed E-state index contributed by atoms with van der Waals surface area (Å²) in [5.41, 5.74) is 0. The molecule has 4 nitrogen and oxygen atoms in total. The molecule has 1 unspecified atom stereocenters. The van der Waals surface area contributed by atoms with E-state index >= 15 is 0 Å². The van der Waals surface area contributed by atoms with Crippen molar-refractivity contribution in [3.63, 3.8) is 0 Å². The maximum absolute atomic E-state index is 5.02. The first-order valence-corrected chi connectivity index (χ1v) is 6.70. The molecule has 0 aromatic heterocycles. The number of ether oxygens (including phenoxy) is 1. The first kappa shape index (κ1) is 16.8. The van der Waals surface area contributed by atoms with E-state index in [1.807, 2.05) is 0 Å². The van der Waals surface area contributed by atoms with Crippen molar-refractivity contribution in [3.8, 4) is 0 Å². The highest BCUT2D eigenvalue weighted by Gasteiger charge is 2.10. The van der Waals surface area contributed by atoms with Crippen molar-refractivity contribution in [2.24, 2.45) is 0 Å². The van der Waals surface area contributed by atoms with E-state index in [1.165, 1.54) is 19.5 Å². The van der Waals surface area contributed by atoms with Gasteiger partial charge in [-0.3, -0.25) is 4.90 Å². The van der Waals surface area contributed by atoms with E-state index in [0.717, 1.165) is 26.2 Å². The van der Waals surface area contributed by atoms with Gasteiger partial charge < -0.3 is 15.0 Å². The van der Waals surface area contributed by atoms with Gasteiger partial charge in [0, 0.05) is 26.2 Å². The zero-order valence-corrected chi connectivity index (χ0v) is 12.3. The highest BCUT2D eigenvalue weighted by Crippen LogP contribution is 1.99. The Kier molecular flexibility index (Phi) is 10.9. The second-order valence-electron chi connectivity index (χ2n) is 4.83. The predicted molar refractivity (Wildman–Crippen MR) is 74.6 cm³/mol. The fourth-order valence-corrected chi connectivity index (χ4v) is 1.89. The molecule has 0 heterocycles. The van der Waals surface area contributed by atoms with Crippen molar-refractivity contribution >= 4 is 0 Å². The molecule has 104 valence electrons. The fraction of sp³-hybridized carbons (Fsp3) is 1.00. The van der Waals surface area contributed by atoms with Crippen molar-refractivity contribution in [2.45, 2.75) is 26.3 Å².